The molecule has 1 aromatic heterocycles. The van der Waals surface area contributed by atoms with Crippen molar-refractivity contribution in [2.75, 3.05) is 38.7 Å². The smallest absolute Gasteiger partial charge is 0.322 e. The third-order valence-corrected chi connectivity index (χ3v) is 6.59. The summed E-state index contributed by atoms with van der Waals surface area (Å²) >= 11 is 0. The second-order valence-corrected chi connectivity index (χ2v) is 9.47. The van der Waals surface area contributed by atoms with E-state index in [2.05, 4.69) is 46.7 Å². The summed E-state index contributed by atoms with van der Waals surface area (Å²) in [6, 6.07) is 25.4. The van der Waals surface area contributed by atoms with E-state index in [-0.39, 0.29) is 18.5 Å². The molecule has 2 N–H and O–H groups in total. The number of fused-ring (bicyclic) bond motifs is 1. The molecule has 7 heteroatoms. The fourth-order valence-electron chi connectivity index (χ4n) is 4.44. The number of nitrogens with zero attached hydrogens (tertiary/aromatic N) is 2. The number of ether oxygens (including phenoxy) is 1. The van der Waals surface area contributed by atoms with Crippen LogP contribution in [0.2, 0.25) is 0 Å². The molecule has 4 aromatic rings. The van der Waals surface area contributed by atoms with Gasteiger partial charge in [0.2, 0.25) is 5.91 Å². The first-order valence-electron chi connectivity index (χ1n) is 13.0. The lowest BCUT2D eigenvalue weighted by atomic mass is 10.1. The van der Waals surface area contributed by atoms with Crippen molar-refractivity contribution in [3.8, 4) is 0 Å². The summed E-state index contributed by atoms with van der Waals surface area (Å²) in [5.41, 5.74) is 5.18. The highest BCUT2D eigenvalue weighted by Crippen LogP contribution is 2.19. The van der Waals surface area contributed by atoms with E-state index in [4.69, 9.17) is 4.74 Å². The fraction of sp³-hybridized carbons (Fsp3) is 0.290. The molecule has 0 bridgehead atoms. The molecule has 4 rings (SSSR count). The lowest BCUT2D eigenvalue weighted by molar-refractivity contribution is -0.132. The zero-order chi connectivity index (χ0) is 26.7. The van der Waals surface area contributed by atoms with Crippen molar-refractivity contribution in [1.29, 1.82) is 0 Å². The molecule has 0 atom stereocenters. The average Bonchev–Trinajstić information content (AvgIpc) is 3.35. The summed E-state index contributed by atoms with van der Waals surface area (Å²) in [5.74, 6) is -0.0916. The summed E-state index contributed by atoms with van der Waals surface area (Å²) in [7, 11) is 1.63. The molecule has 0 saturated carbocycles. The molecule has 198 valence electrons. The Bertz CT molecular complexity index is 1320. The molecule has 3 amide bonds. The Morgan fingerprint density at radius 3 is 2.39 bits per heavy atom. The minimum absolute atomic E-state index is 0.0118. The Balaban J connectivity index is 1.50. The van der Waals surface area contributed by atoms with Crippen molar-refractivity contribution < 1.29 is 14.3 Å². The van der Waals surface area contributed by atoms with Crippen LogP contribution in [0.3, 0.4) is 0 Å². The highest BCUT2D eigenvalue weighted by atomic mass is 16.5. The number of hydrogen-bond donors (Lipinski definition) is 2. The molecule has 7 nitrogen and oxygen atoms in total. The maximum absolute atomic E-state index is 13.7. The van der Waals surface area contributed by atoms with Gasteiger partial charge in [-0.1, -0.05) is 66.2 Å². The van der Waals surface area contributed by atoms with E-state index in [1.807, 2.05) is 60.5 Å². The quantitative estimate of drug-likeness (QED) is 0.242. The highest BCUT2D eigenvalue weighted by molar-refractivity contribution is 5.92. The summed E-state index contributed by atoms with van der Waals surface area (Å²) in [5, 5.41) is 4.08. The van der Waals surface area contributed by atoms with Gasteiger partial charge in [0.1, 0.15) is 6.54 Å². The maximum atomic E-state index is 13.7. The van der Waals surface area contributed by atoms with Gasteiger partial charge in [0.25, 0.3) is 0 Å². The molecule has 0 unspecified atom stereocenters. The normalized spacial score (nSPS) is 10.9. The van der Waals surface area contributed by atoms with Gasteiger partial charge in [0.05, 0.1) is 0 Å². The molecular formula is C31H36N4O3. The summed E-state index contributed by atoms with van der Waals surface area (Å²) in [6.07, 6.45) is 3.37. The number of amides is 3. The second kappa shape index (κ2) is 13.4. The van der Waals surface area contributed by atoms with E-state index >= 15 is 0 Å². The van der Waals surface area contributed by atoms with Gasteiger partial charge in [-0.25, -0.2) is 4.79 Å². The number of H-pyrrole nitrogens is 1. The number of benzene rings is 3. The van der Waals surface area contributed by atoms with Gasteiger partial charge < -0.3 is 24.8 Å². The Morgan fingerprint density at radius 2 is 1.63 bits per heavy atom. The van der Waals surface area contributed by atoms with Crippen molar-refractivity contribution in [3.63, 3.8) is 0 Å². The zero-order valence-corrected chi connectivity index (χ0v) is 22.2. The lowest BCUT2D eigenvalue weighted by Gasteiger charge is -2.28. The predicted molar refractivity (Wildman–Crippen MR) is 152 cm³/mol. The van der Waals surface area contributed by atoms with E-state index in [9.17, 15) is 9.59 Å². The van der Waals surface area contributed by atoms with E-state index in [1.54, 1.807) is 12.0 Å². The number of urea groups is 1. The largest absolute Gasteiger partial charge is 0.385 e. The van der Waals surface area contributed by atoms with E-state index < -0.39 is 0 Å². The van der Waals surface area contributed by atoms with Crippen LogP contribution < -0.4 is 5.32 Å². The second-order valence-electron chi connectivity index (χ2n) is 9.47. The van der Waals surface area contributed by atoms with E-state index in [0.717, 1.165) is 11.1 Å². The zero-order valence-electron chi connectivity index (χ0n) is 22.2. The molecule has 0 aliphatic heterocycles. The van der Waals surface area contributed by atoms with Gasteiger partial charge in [0, 0.05) is 56.1 Å². The van der Waals surface area contributed by atoms with Crippen molar-refractivity contribution in [3.05, 3.63) is 102 Å². The van der Waals surface area contributed by atoms with Gasteiger partial charge in [-0.05, 0) is 49.1 Å². The first-order chi connectivity index (χ1) is 18.5. The van der Waals surface area contributed by atoms with E-state index in [0.29, 0.717) is 44.8 Å². The minimum Gasteiger partial charge on any atom is -0.385 e. The Morgan fingerprint density at radius 1 is 0.895 bits per heavy atom. The van der Waals surface area contributed by atoms with Crippen LogP contribution in [0.4, 0.5) is 10.5 Å². The number of methoxy groups -OCH3 is 1. The van der Waals surface area contributed by atoms with E-state index in [1.165, 1.54) is 16.5 Å². The molecule has 0 saturated heterocycles. The molecule has 0 radical (unpaired) electrons. The standard InChI is InChI=1S/C31H36N4O3/c1-24-13-15-25(16-14-24)22-34(19-17-26-21-32-29-12-7-6-11-28(26)29)30(36)23-35(18-8-20-38-2)31(37)33-27-9-4-3-5-10-27/h3-7,9-16,21,32H,8,17-20,22-23H2,1-2H3,(H,33,37). The van der Waals surface area contributed by atoms with Crippen LogP contribution in [-0.4, -0.2) is 60.1 Å². The monoisotopic (exact) mass is 512 g/mol. The number of anilines is 1. The third-order valence-electron chi connectivity index (χ3n) is 6.59. The van der Waals surface area contributed by atoms with Crippen molar-refractivity contribution in [2.45, 2.75) is 26.3 Å². The highest BCUT2D eigenvalue weighted by Gasteiger charge is 2.22. The van der Waals surface area contributed by atoms with Gasteiger partial charge in [-0.2, -0.15) is 0 Å². The first-order valence-corrected chi connectivity index (χ1v) is 13.0. The predicted octanol–water partition coefficient (Wildman–Crippen LogP) is 5.62. The number of aromatic amines is 1. The summed E-state index contributed by atoms with van der Waals surface area (Å²) < 4.78 is 5.19. The molecule has 0 spiro atoms. The molecular weight excluding hydrogens is 476 g/mol. The number of para-hydroxylation sites is 2. The van der Waals surface area contributed by atoms with Crippen molar-refractivity contribution in [2.24, 2.45) is 0 Å². The number of rotatable bonds is 12. The summed E-state index contributed by atoms with van der Waals surface area (Å²) in [4.78, 5) is 33.6. The molecule has 3 aromatic carbocycles. The lowest BCUT2D eigenvalue weighted by Crippen LogP contribution is -2.45. The molecule has 0 fully saturated rings. The Kier molecular flexibility index (Phi) is 9.54. The van der Waals surface area contributed by atoms with Gasteiger partial charge in [0.15, 0.2) is 0 Å². The Hall–Kier alpha value is -4.10. The molecule has 0 aliphatic rings. The van der Waals surface area contributed by atoms with Crippen molar-refractivity contribution in [1.82, 2.24) is 14.8 Å². The van der Waals surface area contributed by atoms with Crippen LogP contribution in [0, 0.1) is 6.92 Å². The fourth-order valence-corrected chi connectivity index (χ4v) is 4.44. The number of aryl methyl sites for hydroxylation is 1. The van der Waals surface area contributed by atoms with Crippen LogP contribution >= 0.6 is 0 Å². The Labute approximate surface area is 224 Å². The van der Waals surface area contributed by atoms with Crippen LogP contribution in [0.5, 0.6) is 0 Å². The van der Waals surface area contributed by atoms with Crippen molar-refractivity contribution >= 4 is 28.5 Å². The summed E-state index contributed by atoms with van der Waals surface area (Å²) in [6.45, 7) is 3.99. The van der Waals surface area contributed by atoms with Crippen LogP contribution in [0.1, 0.15) is 23.1 Å². The number of nitrogens with one attached hydrogen (secondary N) is 2. The molecule has 0 aliphatic carbocycles. The van der Waals surface area contributed by atoms with Gasteiger partial charge in [-0.15, -0.1) is 0 Å². The SMILES string of the molecule is COCCCN(CC(=O)N(CCc1c[nH]c2ccccc12)Cc1ccc(C)cc1)C(=O)Nc1ccccc1. The average molecular weight is 513 g/mol. The van der Waals surface area contributed by atoms with Crippen LogP contribution in [0.25, 0.3) is 10.9 Å². The third kappa shape index (κ3) is 7.46. The molecule has 1 heterocycles. The number of aromatic nitrogens is 1. The first kappa shape index (κ1) is 26.9. The van der Waals surface area contributed by atoms with Crippen LogP contribution in [0.15, 0.2) is 85.1 Å². The maximum Gasteiger partial charge on any atom is 0.322 e. The topological polar surface area (TPSA) is 77.7 Å². The number of hydrogen-bond acceptors (Lipinski definition) is 3. The number of carbonyl (C=O) groups is 2. The van der Waals surface area contributed by atoms with Gasteiger partial charge >= 0.3 is 6.03 Å². The minimum atomic E-state index is -0.299. The van der Waals surface area contributed by atoms with Gasteiger partial charge in [-0.3, -0.25) is 4.79 Å². The van der Waals surface area contributed by atoms with Crippen LogP contribution in [-0.2, 0) is 22.5 Å². The molecule has 38 heavy (non-hydrogen) atoms. The number of carbonyl (C=O) groups excluding carboxylic acids is 2.